The van der Waals surface area contributed by atoms with E-state index >= 15 is 0 Å². The highest BCUT2D eigenvalue weighted by Gasteiger charge is 2.25. The number of anilines is 1. The Bertz CT molecular complexity index is 594. The van der Waals surface area contributed by atoms with Gasteiger partial charge in [0, 0.05) is 17.3 Å². The van der Waals surface area contributed by atoms with Gasteiger partial charge in [-0.25, -0.2) is 4.98 Å². The minimum Gasteiger partial charge on any atom is -0.356 e. The molecular weight excluding hydrogens is 348 g/mol. The highest BCUT2D eigenvalue weighted by Crippen LogP contribution is 2.22. The van der Waals surface area contributed by atoms with E-state index in [4.69, 9.17) is 0 Å². The van der Waals surface area contributed by atoms with Gasteiger partial charge >= 0.3 is 0 Å². The van der Waals surface area contributed by atoms with Gasteiger partial charge in [0.25, 0.3) is 0 Å². The Morgan fingerprint density at radius 3 is 2.58 bits per heavy atom. The molecule has 1 aliphatic heterocycles. The van der Waals surface area contributed by atoms with Crippen molar-refractivity contribution in [2.45, 2.75) is 59.3 Å². The van der Waals surface area contributed by atoms with Crippen LogP contribution in [0.1, 0.15) is 56.5 Å². The molecule has 1 aromatic rings. The van der Waals surface area contributed by atoms with Gasteiger partial charge in [-0.3, -0.25) is 14.5 Å². The minimum atomic E-state index is -0.0242. The molecule has 26 heavy (non-hydrogen) atoms. The van der Waals surface area contributed by atoms with Gasteiger partial charge in [-0.2, -0.15) is 0 Å². The quantitative estimate of drug-likeness (QED) is 0.646. The Hall–Kier alpha value is -1.47. The first-order valence-corrected chi connectivity index (χ1v) is 10.6. The fourth-order valence-electron chi connectivity index (χ4n) is 3.26. The summed E-state index contributed by atoms with van der Waals surface area (Å²) >= 11 is 1.53. The Labute approximate surface area is 160 Å². The van der Waals surface area contributed by atoms with Crippen LogP contribution in [-0.2, 0) is 16.0 Å². The average molecular weight is 381 g/mol. The minimum absolute atomic E-state index is 0.0242. The lowest BCUT2D eigenvalue weighted by Crippen LogP contribution is -2.43. The maximum Gasteiger partial charge on any atom is 0.240 e. The van der Waals surface area contributed by atoms with Crippen molar-refractivity contribution in [3.8, 4) is 0 Å². The van der Waals surface area contributed by atoms with E-state index in [1.807, 2.05) is 6.92 Å². The number of hydrogen-bond acceptors (Lipinski definition) is 5. The number of nitrogens with one attached hydrogen (secondary N) is 2. The summed E-state index contributed by atoms with van der Waals surface area (Å²) in [5.74, 6) is 0.240. The molecule has 0 atom stereocenters. The van der Waals surface area contributed by atoms with Crippen molar-refractivity contribution in [1.29, 1.82) is 0 Å². The molecule has 2 N–H and O–H groups in total. The molecule has 7 heteroatoms. The van der Waals surface area contributed by atoms with Crippen molar-refractivity contribution in [2.24, 2.45) is 5.92 Å². The van der Waals surface area contributed by atoms with Crippen LogP contribution in [0.25, 0.3) is 0 Å². The number of rotatable bonds is 9. The number of amides is 2. The second-order valence-electron chi connectivity index (χ2n) is 6.97. The molecule has 0 aromatic carbocycles. The molecule has 2 rings (SSSR count). The Kier molecular flexibility index (Phi) is 8.51. The van der Waals surface area contributed by atoms with Gasteiger partial charge in [-0.05, 0) is 45.7 Å². The summed E-state index contributed by atoms with van der Waals surface area (Å²) in [5.41, 5.74) is 1.05. The third-order valence-electron chi connectivity index (χ3n) is 4.88. The molecule has 0 spiro atoms. The smallest absolute Gasteiger partial charge is 0.240 e. The van der Waals surface area contributed by atoms with E-state index in [-0.39, 0.29) is 17.7 Å². The van der Waals surface area contributed by atoms with Crippen molar-refractivity contribution in [1.82, 2.24) is 15.2 Å². The van der Waals surface area contributed by atoms with Gasteiger partial charge in [-0.1, -0.05) is 26.7 Å². The number of unbranched alkanes of at least 4 members (excludes halogenated alkanes) is 2. The molecule has 2 amide bonds. The summed E-state index contributed by atoms with van der Waals surface area (Å²) in [6.07, 6.45) is 5.90. The lowest BCUT2D eigenvalue weighted by atomic mass is 9.96. The number of carbonyl (C=O) groups is 2. The van der Waals surface area contributed by atoms with Crippen LogP contribution < -0.4 is 10.6 Å². The van der Waals surface area contributed by atoms with Gasteiger partial charge in [0.2, 0.25) is 11.8 Å². The number of likely N-dealkylation sites (tertiary alicyclic amines) is 1. The fourth-order valence-corrected chi connectivity index (χ4v) is 4.17. The molecule has 146 valence electrons. The van der Waals surface area contributed by atoms with Crippen LogP contribution in [0.3, 0.4) is 0 Å². The van der Waals surface area contributed by atoms with E-state index in [9.17, 15) is 9.59 Å². The molecular formula is C19H32N4O2S. The molecule has 1 aliphatic rings. The molecule has 0 aliphatic carbocycles. The largest absolute Gasteiger partial charge is 0.356 e. The van der Waals surface area contributed by atoms with E-state index in [2.05, 4.69) is 34.4 Å². The molecule has 0 saturated carbocycles. The Morgan fingerprint density at radius 2 is 1.96 bits per heavy atom. The van der Waals surface area contributed by atoms with Crippen LogP contribution in [0, 0.1) is 12.8 Å². The highest BCUT2D eigenvalue weighted by molar-refractivity contribution is 7.15. The van der Waals surface area contributed by atoms with Gasteiger partial charge in [-0.15, -0.1) is 11.3 Å². The number of thiazole rings is 1. The predicted octanol–water partition coefficient (Wildman–Crippen LogP) is 2.97. The predicted molar refractivity (Wildman–Crippen MR) is 107 cm³/mol. The SMILES string of the molecule is CCCCCNC(=O)C1CCN(CC(=O)Nc2nc(CC)c(C)s2)CC1. The standard InChI is InChI=1S/C19H32N4O2S/c1-4-6-7-10-20-18(25)15-8-11-23(12-9-15)13-17(24)22-19-21-16(5-2)14(3)26-19/h15H,4-13H2,1-3H3,(H,20,25)(H,21,22,24). The first-order valence-electron chi connectivity index (χ1n) is 9.79. The normalized spacial score (nSPS) is 15.8. The van der Waals surface area contributed by atoms with Crippen LogP contribution >= 0.6 is 11.3 Å². The zero-order valence-electron chi connectivity index (χ0n) is 16.3. The van der Waals surface area contributed by atoms with Crippen molar-refractivity contribution < 1.29 is 9.59 Å². The number of aromatic nitrogens is 1. The molecule has 1 fully saturated rings. The summed E-state index contributed by atoms with van der Waals surface area (Å²) in [7, 11) is 0. The lowest BCUT2D eigenvalue weighted by Gasteiger charge is -2.30. The summed E-state index contributed by atoms with van der Waals surface area (Å²) < 4.78 is 0. The van der Waals surface area contributed by atoms with E-state index in [1.54, 1.807) is 0 Å². The van der Waals surface area contributed by atoms with Crippen LogP contribution in [0.2, 0.25) is 0 Å². The zero-order valence-corrected chi connectivity index (χ0v) is 17.1. The number of carbonyl (C=O) groups excluding carboxylic acids is 2. The van der Waals surface area contributed by atoms with Crippen molar-refractivity contribution in [3.05, 3.63) is 10.6 Å². The number of piperidine rings is 1. The molecule has 0 bridgehead atoms. The average Bonchev–Trinajstić information content (AvgIpc) is 2.98. The van der Waals surface area contributed by atoms with Crippen molar-refractivity contribution in [2.75, 3.05) is 31.5 Å². The van der Waals surface area contributed by atoms with E-state index in [0.29, 0.717) is 11.7 Å². The molecule has 2 heterocycles. The first kappa shape index (κ1) is 20.8. The first-order chi connectivity index (χ1) is 12.5. The summed E-state index contributed by atoms with van der Waals surface area (Å²) in [5, 5.41) is 6.64. The van der Waals surface area contributed by atoms with Gasteiger partial charge in [0.1, 0.15) is 0 Å². The van der Waals surface area contributed by atoms with E-state index in [0.717, 1.165) is 68.7 Å². The van der Waals surface area contributed by atoms with Crippen LogP contribution in [-0.4, -0.2) is 47.9 Å². The monoisotopic (exact) mass is 380 g/mol. The van der Waals surface area contributed by atoms with Crippen LogP contribution in [0.5, 0.6) is 0 Å². The van der Waals surface area contributed by atoms with Gasteiger partial charge in [0.15, 0.2) is 5.13 Å². The summed E-state index contributed by atoms with van der Waals surface area (Å²) in [6.45, 7) is 8.98. The summed E-state index contributed by atoms with van der Waals surface area (Å²) in [6, 6.07) is 0. The van der Waals surface area contributed by atoms with Gasteiger partial charge in [0.05, 0.1) is 12.2 Å². The third kappa shape index (κ3) is 6.36. The summed E-state index contributed by atoms with van der Waals surface area (Å²) in [4.78, 5) is 32.2. The van der Waals surface area contributed by atoms with E-state index < -0.39 is 0 Å². The second kappa shape index (κ2) is 10.6. The topological polar surface area (TPSA) is 74.3 Å². The Morgan fingerprint density at radius 1 is 1.23 bits per heavy atom. The van der Waals surface area contributed by atoms with E-state index in [1.165, 1.54) is 11.3 Å². The Balaban J connectivity index is 1.69. The molecule has 0 radical (unpaired) electrons. The maximum absolute atomic E-state index is 12.2. The highest BCUT2D eigenvalue weighted by atomic mass is 32.1. The number of hydrogen-bond donors (Lipinski definition) is 2. The number of aryl methyl sites for hydroxylation is 2. The van der Waals surface area contributed by atoms with Crippen molar-refractivity contribution >= 4 is 28.3 Å². The zero-order chi connectivity index (χ0) is 18.9. The lowest BCUT2D eigenvalue weighted by molar-refractivity contribution is -0.126. The molecule has 0 unspecified atom stereocenters. The van der Waals surface area contributed by atoms with Crippen LogP contribution in [0.4, 0.5) is 5.13 Å². The molecule has 6 nitrogen and oxygen atoms in total. The van der Waals surface area contributed by atoms with Crippen molar-refractivity contribution in [3.63, 3.8) is 0 Å². The maximum atomic E-state index is 12.2. The molecule has 1 saturated heterocycles. The number of nitrogens with zero attached hydrogens (tertiary/aromatic N) is 2. The van der Waals surface area contributed by atoms with Crippen LogP contribution in [0.15, 0.2) is 0 Å². The fraction of sp³-hybridized carbons (Fsp3) is 0.737. The second-order valence-corrected chi connectivity index (χ2v) is 8.18. The molecule has 1 aromatic heterocycles. The third-order valence-corrected chi connectivity index (χ3v) is 5.81. The van der Waals surface area contributed by atoms with Gasteiger partial charge < -0.3 is 10.6 Å².